The molecule has 0 aliphatic heterocycles. The minimum Gasteiger partial charge on any atom is -0.393 e. The van der Waals surface area contributed by atoms with Gasteiger partial charge < -0.3 is 5.11 Å². The van der Waals surface area contributed by atoms with Gasteiger partial charge in [-0.15, -0.1) is 0 Å². The molecular weight excluding hydrogens is 255 g/mol. The normalized spacial score (nSPS) is 29.3. The Kier molecular flexibility index (Phi) is 4.02. The van der Waals surface area contributed by atoms with E-state index in [1.54, 1.807) is 0 Å². The number of benzene rings is 1. The molecule has 1 aromatic carbocycles. The van der Waals surface area contributed by atoms with Gasteiger partial charge in [-0.3, -0.25) is 0 Å². The first kappa shape index (κ1) is 13.2. The van der Waals surface area contributed by atoms with Gasteiger partial charge in [-0.2, -0.15) is 0 Å². The maximum absolute atomic E-state index is 9.90. The van der Waals surface area contributed by atoms with Crippen molar-refractivity contribution in [3.05, 3.63) is 33.8 Å². The highest BCUT2D eigenvalue weighted by molar-refractivity contribution is 6.42. The molecule has 2 atom stereocenters. The number of hydrogen-bond donors (Lipinski definition) is 1. The number of rotatable bonds is 2. The van der Waals surface area contributed by atoms with Crippen LogP contribution in [0.4, 0.5) is 0 Å². The van der Waals surface area contributed by atoms with Crippen molar-refractivity contribution >= 4 is 23.2 Å². The van der Waals surface area contributed by atoms with Crippen molar-refractivity contribution in [1.29, 1.82) is 0 Å². The molecule has 1 fully saturated rings. The van der Waals surface area contributed by atoms with Gasteiger partial charge in [-0.05, 0) is 55.2 Å². The van der Waals surface area contributed by atoms with E-state index >= 15 is 0 Å². The molecule has 94 valence electrons. The first-order chi connectivity index (χ1) is 8.07. The van der Waals surface area contributed by atoms with E-state index in [1.807, 2.05) is 12.1 Å². The monoisotopic (exact) mass is 272 g/mol. The third-order valence-electron chi connectivity index (χ3n) is 4.03. The first-order valence-corrected chi connectivity index (χ1v) is 6.96. The molecule has 1 aliphatic rings. The van der Waals surface area contributed by atoms with Crippen molar-refractivity contribution in [2.45, 2.75) is 50.5 Å². The number of aliphatic hydroxyl groups is 1. The summed E-state index contributed by atoms with van der Waals surface area (Å²) < 4.78 is 0. The summed E-state index contributed by atoms with van der Waals surface area (Å²) in [5.41, 5.74) is 1.29. The third kappa shape index (κ3) is 2.62. The lowest BCUT2D eigenvalue weighted by Crippen LogP contribution is -2.34. The van der Waals surface area contributed by atoms with Crippen molar-refractivity contribution in [2.24, 2.45) is 0 Å². The molecule has 0 radical (unpaired) electrons. The molecule has 1 nitrogen and oxygen atoms in total. The summed E-state index contributed by atoms with van der Waals surface area (Å²) in [5, 5.41) is 11.1. The summed E-state index contributed by atoms with van der Waals surface area (Å²) in [4.78, 5) is 0. The smallest absolute Gasteiger partial charge is 0.0595 e. The third-order valence-corrected chi connectivity index (χ3v) is 4.77. The Morgan fingerprint density at radius 3 is 2.71 bits per heavy atom. The Balaban J connectivity index is 2.36. The van der Waals surface area contributed by atoms with Crippen LogP contribution in [0.5, 0.6) is 0 Å². The Bertz CT molecular complexity index is 405. The van der Waals surface area contributed by atoms with Gasteiger partial charge in [-0.1, -0.05) is 36.2 Å². The number of hydrogen-bond acceptors (Lipinski definition) is 1. The minimum absolute atomic E-state index is 0.0753. The molecule has 0 amide bonds. The standard InChI is InChI=1S/C14H18Cl2O/c1-2-14(7-3-4-11(17)9-14)10-5-6-12(15)13(16)8-10/h5-6,8,11,17H,2-4,7,9H2,1H3/t11-,14-/m1/s1. The summed E-state index contributed by atoms with van der Waals surface area (Å²) in [5.74, 6) is 0. The van der Waals surface area contributed by atoms with Crippen LogP contribution in [-0.4, -0.2) is 11.2 Å². The van der Waals surface area contributed by atoms with Crippen LogP contribution in [0.15, 0.2) is 18.2 Å². The van der Waals surface area contributed by atoms with Crippen molar-refractivity contribution in [1.82, 2.24) is 0 Å². The first-order valence-electron chi connectivity index (χ1n) is 6.21. The van der Waals surface area contributed by atoms with Crippen LogP contribution in [0.3, 0.4) is 0 Å². The second-order valence-electron chi connectivity index (χ2n) is 5.01. The van der Waals surface area contributed by atoms with Crippen LogP contribution < -0.4 is 0 Å². The summed E-state index contributed by atoms with van der Waals surface area (Å²) in [6.45, 7) is 2.18. The van der Waals surface area contributed by atoms with Gasteiger partial charge in [0.2, 0.25) is 0 Å². The molecule has 0 heterocycles. The molecular formula is C14H18Cl2O. The molecule has 1 saturated carbocycles. The second kappa shape index (κ2) is 5.17. The fourth-order valence-electron chi connectivity index (χ4n) is 2.94. The Hall–Kier alpha value is -0.240. The molecule has 1 aliphatic carbocycles. The predicted molar refractivity (Wildman–Crippen MR) is 72.9 cm³/mol. The molecule has 17 heavy (non-hydrogen) atoms. The van der Waals surface area contributed by atoms with Gasteiger partial charge in [0.25, 0.3) is 0 Å². The molecule has 1 aromatic rings. The lowest BCUT2D eigenvalue weighted by atomic mass is 9.67. The SMILES string of the molecule is CC[C@@]1(c2ccc(Cl)c(Cl)c2)CCC[C@@H](O)C1. The molecule has 0 aromatic heterocycles. The average Bonchev–Trinajstić information content (AvgIpc) is 2.32. The maximum atomic E-state index is 9.90. The van der Waals surface area contributed by atoms with Gasteiger partial charge in [0.1, 0.15) is 0 Å². The van der Waals surface area contributed by atoms with Crippen molar-refractivity contribution in [2.75, 3.05) is 0 Å². The van der Waals surface area contributed by atoms with Gasteiger partial charge in [0.05, 0.1) is 16.1 Å². The van der Waals surface area contributed by atoms with Gasteiger partial charge in [0.15, 0.2) is 0 Å². The van der Waals surface area contributed by atoms with E-state index in [4.69, 9.17) is 23.2 Å². The van der Waals surface area contributed by atoms with Crippen molar-refractivity contribution in [3.63, 3.8) is 0 Å². The average molecular weight is 273 g/mol. The van der Waals surface area contributed by atoms with E-state index in [0.717, 1.165) is 32.1 Å². The van der Waals surface area contributed by atoms with Crippen LogP contribution in [0.25, 0.3) is 0 Å². The van der Waals surface area contributed by atoms with Gasteiger partial charge in [0, 0.05) is 0 Å². The topological polar surface area (TPSA) is 20.2 Å². The summed E-state index contributed by atoms with van der Waals surface area (Å²) in [6.07, 6.45) is 4.80. The maximum Gasteiger partial charge on any atom is 0.0595 e. The highest BCUT2D eigenvalue weighted by atomic mass is 35.5. The van der Waals surface area contributed by atoms with E-state index in [-0.39, 0.29) is 11.5 Å². The molecule has 0 saturated heterocycles. The molecule has 3 heteroatoms. The Morgan fingerprint density at radius 2 is 2.12 bits per heavy atom. The van der Waals surface area contributed by atoms with Crippen LogP contribution in [0, 0.1) is 0 Å². The Morgan fingerprint density at radius 1 is 1.35 bits per heavy atom. The zero-order chi connectivity index (χ0) is 12.5. The van der Waals surface area contributed by atoms with E-state index in [2.05, 4.69) is 13.0 Å². The quantitative estimate of drug-likeness (QED) is 0.836. The molecule has 1 N–H and O–H groups in total. The van der Waals surface area contributed by atoms with Gasteiger partial charge >= 0.3 is 0 Å². The van der Waals surface area contributed by atoms with Crippen LogP contribution in [0.1, 0.15) is 44.6 Å². The van der Waals surface area contributed by atoms with Crippen molar-refractivity contribution < 1.29 is 5.11 Å². The molecule has 0 bridgehead atoms. The van der Waals surface area contributed by atoms with Gasteiger partial charge in [-0.25, -0.2) is 0 Å². The predicted octanol–water partition coefficient (Wildman–Crippen LogP) is 4.58. The Labute approximate surface area is 113 Å². The fraction of sp³-hybridized carbons (Fsp3) is 0.571. The van der Waals surface area contributed by atoms with Crippen LogP contribution >= 0.6 is 23.2 Å². The highest BCUT2D eigenvalue weighted by Gasteiger charge is 2.35. The van der Waals surface area contributed by atoms with E-state index < -0.39 is 0 Å². The van der Waals surface area contributed by atoms with Crippen LogP contribution in [0.2, 0.25) is 10.0 Å². The lowest BCUT2D eigenvalue weighted by Gasteiger charge is -2.39. The van der Waals surface area contributed by atoms with E-state index in [0.29, 0.717) is 10.0 Å². The molecule has 0 unspecified atom stereocenters. The number of aliphatic hydroxyl groups excluding tert-OH is 1. The minimum atomic E-state index is -0.182. The summed E-state index contributed by atoms with van der Waals surface area (Å²) in [7, 11) is 0. The zero-order valence-electron chi connectivity index (χ0n) is 10.0. The van der Waals surface area contributed by atoms with E-state index in [9.17, 15) is 5.11 Å². The fourth-order valence-corrected chi connectivity index (χ4v) is 3.24. The van der Waals surface area contributed by atoms with Crippen molar-refractivity contribution in [3.8, 4) is 0 Å². The molecule has 0 spiro atoms. The van der Waals surface area contributed by atoms with Crippen LogP contribution in [-0.2, 0) is 5.41 Å². The second-order valence-corrected chi connectivity index (χ2v) is 5.83. The molecule has 2 rings (SSSR count). The summed E-state index contributed by atoms with van der Waals surface area (Å²) in [6, 6.07) is 5.87. The van der Waals surface area contributed by atoms with E-state index in [1.165, 1.54) is 5.56 Å². The lowest BCUT2D eigenvalue weighted by molar-refractivity contribution is 0.0825. The highest BCUT2D eigenvalue weighted by Crippen LogP contribution is 2.43. The zero-order valence-corrected chi connectivity index (χ0v) is 11.6. The number of halogens is 2. The largest absolute Gasteiger partial charge is 0.393 e. The summed E-state index contributed by atoms with van der Waals surface area (Å²) >= 11 is 12.0.